The Labute approximate surface area is 102 Å². The second kappa shape index (κ2) is 3.92. The van der Waals surface area contributed by atoms with Crippen molar-refractivity contribution in [1.29, 1.82) is 0 Å². The lowest BCUT2D eigenvalue weighted by molar-refractivity contribution is -0.138. The standard InChI is InChI=1S/C12H10N2O2S/c15-12(16)9-5-8(9)11-14-10(6-17-11)7-1-3-13-4-2-7/h1-4,6,8-9H,5H2,(H,15,16). The summed E-state index contributed by atoms with van der Waals surface area (Å²) in [5, 5.41) is 11.8. The number of thiazole rings is 1. The summed E-state index contributed by atoms with van der Waals surface area (Å²) in [7, 11) is 0. The fourth-order valence-corrected chi connectivity index (χ4v) is 2.86. The maximum absolute atomic E-state index is 10.8. The van der Waals surface area contributed by atoms with Gasteiger partial charge in [-0.25, -0.2) is 4.98 Å². The third-order valence-electron chi connectivity index (χ3n) is 2.92. The highest BCUT2D eigenvalue weighted by atomic mass is 32.1. The van der Waals surface area contributed by atoms with Crippen LogP contribution in [0.2, 0.25) is 0 Å². The van der Waals surface area contributed by atoms with Crippen molar-refractivity contribution in [2.24, 2.45) is 5.92 Å². The van der Waals surface area contributed by atoms with Crippen LogP contribution in [0.1, 0.15) is 17.3 Å². The largest absolute Gasteiger partial charge is 0.481 e. The van der Waals surface area contributed by atoms with Gasteiger partial charge in [-0.2, -0.15) is 0 Å². The molecular weight excluding hydrogens is 236 g/mol. The Morgan fingerprint density at radius 3 is 2.82 bits per heavy atom. The highest BCUT2D eigenvalue weighted by Gasteiger charge is 2.46. The molecule has 2 atom stereocenters. The summed E-state index contributed by atoms with van der Waals surface area (Å²) in [6.45, 7) is 0. The van der Waals surface area contributed by atoms with Gasteiger partial charge in [0.1, 0.15) is 0 Å². The molecule has 2 aromatic heterocycles. The monoisotopic (exact) mass is 246 g/mol. The van der Waals surface area contributed by atoms with E-state index in [1.165, 1.54) is 0 Å². The van der Waals surface area contributed by atoms with Crippen LogP contribution in [0.5, 0.6) is 0 Å². The van der Waals surface area contributed by atoms with Crippen molar-refractivity contribution in [1.82, 2.24) is 9.97 Å². The van der Waals surface area contributed by atoms with Gasteiger partial charge in [-0.3, -0.25) is 9.78 Å². The van der Waals surface area contributed by atoms with Gasteiger partial charge in [0.2, 0.25) is 0 Å². The first kappa shape index (κ1) is 10.4. The lowest BCUT2D eigenvalue weighted by Gasteiger charge is -1.94. The topological polar surface area (TPSA) is 63.1 Å². The van der Waals surface area contributed by atoms with Crippen LogP contribution in [0.25, 0.3) is 11.3 Å². The van der Waals surface area contributed by atoms with E-state index in [2.05, 4.69) is 9.97 Å². The number of rotatable bonds is 3. The van der Waals surface area contributed by atoms with Gasteiger partial charge in [0, 0.05) is 29.3 Å². The smallest absolute Gasteiger partial charge is 0.307 e. The average molecular weight is 246 g/mol. The summed E-state index contributed by atoms with van der Waals surface area (Å²) in [6, 6.07) is 3.81. The van der Waals surface area contributed by atoms with Gasteiger partial charge < -0.3 is 5.11 Å². The van der Waals surface area contributed by atoms with Crippen LogP contribution in [0.15, 0.2) is 29.9 Å². The number of hydrogen-bond acceptors (Lipinski definition) is 4. The van der Waals surface area contributed by atoms with Gasteiger partial charge in [-0.1, -0.05) is 0 Å². The molecule has 17 heavy (non-hydrogen) atoms. The predicted octanol–water partition coefficient (Wildman–Crippen LogP) is 2.39. The first-order valence-electron chi connectivity index (χ1n) is 5.34. The van der Waals surface area contributed by atoms with Crippen molar-refractivity contribution >= 4 is 17.3 Å². The second-order valence-corrected chi connectivity index (χ2v) is 4.98. The summed E-state index contributed by atoms with van der Waals surface area (Å²) in [5.74, 6) is -0.824. The first-order chi connectivity index (χ1) is 8.25. The number of aromatic nitrogens is 2. The molecule has 1 aliphatic carbocycles. The number of hydrogen-bond donors (Lipinski definition) is 1. The van der Waals surface area contributed by atoms with E-state index in [1.54, 1.807) is 23.7 Å². The second-order valence-electron chi connectivity index (χ2n) is 4.09. The van der Waals surface area contributed by atoms with Gasteiger partial charge in [0.15, 0.2) is 0 Å². The summed E-state index contributed by atoms with van der Waals surface area (Å²) in [4.78, 5) is 19.3. The zero-order chi connectivity index (χ0) is 11.8. The third kappa shape index (κ3) is 1.93. The molecule has 1 fully saturated rings. The molecule has 0 aliphatic heterocycles. The van der Waals surface area contributed by atoms with E-state index in [9.17, 15) is 4.79 Å². The van der Waals surface area contributed by atoms with E-state index in [0.717, 1.165) is 22.7 Å². The summed E-state index contributed by atoms with van der Waals surface area (Å²) >= 11 is 1.54. The van der Waals surface area contributed by atoms with Crippen molar-refractivity contribution < 1.29 is 9.90 Å². The molecule has 2 unspecified atom stereocenters. The van der Waals surface area contributed by atoms with E-state index >= 15 is 0 Å². The van der Waals surface area contributed by atoms with E-state index in [1.807, 2.05) is 17.5 Å². The number of carbonyl (C=O) groups is 1. The van der Waals surface area contributed by atoms with Crippen LogP contribution in [0.3, 0.4) is 0 Å². The Hall–Kier alpha value is -1.75. The minimum atomic E-state index is -0.712. The molecule has 2 aromatic rings. The zero-order valence-electron chi connectivity index (χ0n) is 8.91. The van der Waals surface area contributed by atoms with Crippen LogP contribution in [-0.4, -0.2) is 21.0 Å². The molecule has 2 heterocycles. The molecule has 1 saturated carbocycles. The van der Waals surface area contributed by atoms with Crippen LogP contribution in [-0.2, 0) is 4.79 Å². The van der Waals surface area contributed by atoms with Crippen LogP contribution in [0.4, 0.5) is 0 Å². The van der Waals surface area contributed by atoms with Crippen molar-refractivity contribution in [3.63, 3.8) is 0 Å². The van der Waals surface area contributed by atoms with Gasteiger partial charge in [0.05, 0.1) is 16.6 Å². The van der Waals surface area contributed by atoms with Gasteiger partial charge in [-0.05, 0) is 18.6 Å². The van der Waals surface area contributed by atoms with Crippen LogP contribution in [0, 0.1) is 5.92 Å². The number of pyridine rings is 1. The Morgan fingerprint density at radius 2 is 2.18 bits per heavy atom. The molecule has 1 aliphatic rings. The molecule has 3 rings (SSSR count). The fourth-order valence-electron chi connectivity index (χ4n) is 1.85. The Morgan fingerprint density at radius 1 is 1.41 bits per heavy atom. The maximum Gasteiger partial charge on any atom is 0.307 e. The molecule has 0 bridgehead atoms. The van der Waals surface area contributed by atoms with E-state index in [-0.39, 0.29) is 11.8 Å². The van der Waals surface area contributed by atoms with Crippen molar-refractivity contribution in [3.8, 4) is 11.3 Å². The van der Waals surface area contributed by atoms with Gasteiger partial charge >= 0.3 is 5.97 Å². The highest BCUT2D eigenvalue weighted by Crippen LogP contribution is 2.48. The molecule has 1 N–H and O–H groups in total. The quantitative estimate of drug-likeness (QED) is 0.903. The van der Waals surface area contributed by atoms with Crippen molar-refractivity contribution in [2.75, 3.05) is 0 Å². The fraction of sp³-hybridized carbons (Fsp3) is 0.250. The van der Waals surface area contributed by atoms with Gasteiger partial charge in [0.25, 0.3) is 0 Å². The molecule has 0 aromatic carbocycles. The van der Waals surface area contributed by atoms with Crippen molar-refractivity contribution in [3.05, 3.63) is 34.9 Å². The Bertz CT molecular complexity index is 553. The first-order valence-corrected chi connectivity index (χ1v) is 6.22. The van der Waals surface area contributed by atoms with E-state index in [0.29, 0.717) is 0 Å². The average Bonchev–Trinajstić information content (AvgIpc) is 3.01. The lowest BCUT2D eigenvalue weighted by atomic mass is 10.2. The predicted molar refractivity (Wildman–Crippen MR) is 63.8 cm³/mol. The summed E-state index contributed by atoms with van der Waals surface area (Å²) < 4.78 is 0. The number of carboxylic acids is 1. The zero-order valence-corrected chi connectivity index (χ0v) is 9.72. The summed E-state index contributed by atoms with van der Waals surface area (Å²) in [6.07, 6.45) is 4.18. The molecule has 5 heteroatoms. The molecule has 4 nitrogen and oxygen atoms in total. The SMILES string of the molecule is O=C(O)C1CC1c1nc(-c2ccncc2)cs1. The summed E-state index contributed by atoms with van der Waals surface area (Å²) in [5.41, 5.74) is 1.93. The van der Waals surface area contributed by atoms with Crippen LogP contribution >= 0.6 is 11.3 Å². The Kier molecular flexibility index (Phi) is 2.40. The number of carboxylic acid groups (broad SMARTS) is 1. The molecule has 0 spiro atoms. The molecule has 0 amide bonds. The molecule has 0 radical (unpaired) electrons. The normalized spacial score (nSPS) is 22.4. The van der Waals surface area contributed by atoms with E-state index < -0.39 is 5.97 Å². The Balaban J connectivity index is 1.83. The van der Waals surface area contributed by atoms with Gasteiger partial charge in [-0.15, -0.1) is 11.3 Å². The minimum absolute atomic E-state index is 0.119. The highest BCUT2D eigenvalue weighted by molar-refractivity contribution is 7.10. The van der Waals surface area contributed by atoms with E-state index in [4.69, 9.17) is 5.11 Å². The van der Waals surface area contributed by atoms with Crippen molar-refractivity contribution in [2.45, 2.75) is 12.3 Å². The maximum atomic E-state index is 10.8. The molecular formula is C12H10N2O2S. The number of nitrogens with zero attached hydrogens (tertiary/aromatic N) is 2. The molecule has 86 valence electrons. The number of aliphatic carboxylic acids is 1. The molecule has 0 saturated heterocycles. The minimum Gasteiger partial charge on any atom is -0.481 e. The third-order valence-corrected chi connectivity index (χ3v) is 3.90. The van der Waals surface area contributed by atoms with Crippen LogP contribution < -0.4 is 0 Å². The lowest BCUT2D eigenvalue weighted by Crippen LogP contribution is -1.98.